The van der Waals surface area contributed by atoms with Gasteiger partial charge in [-0.15, -0.1) is 11.8 Å². The summed E-state index contributed by atoms with van der Waals surface area (Å²) in [5, 5.41) is 14.7. The molecule has 1 rings (SSSR count). The molecule has 0 heterocycles. The zero-order valence-electron chi connectivity index (χ0n) is 9.97. The zero-order chi connectivity index (χ0) is 12.5. The van der Waals surface area contributed by atoms with E-state index in [2.05, 4.69) is 22.6 Å². The maximum absolute atomic E-state index is 8.49. The molecule has 4 N–H and O–H groups in total. The van der Waals surface area contributed by atoms with E-state index >= 15 is 0 Å². The van der Waals surface area contributed by atoms with Crippen molar-refractivity contribution in [3.63, 3.8) is 0 Å². The number of nitrogens with one attached hydrogen (secondary N) is 1. The normalized spacial score (nSPS) is 13.6. The van der Waals surface area contributed by atoms with E-state index in [-0.39, 0.29) is 11.8 Å². The quantitative estimate of drug-likeness (QED) is 0.173. The summed E-state index contributed by atoms with van der Waals surface area (Å²) in [5.41, 5.74) is 5.48. The molecule has 0 saturated carbocycles. The number of thioether (sulfide) groups is 1. The highest BCUT2D eigenvalue weighted by Crippen LogP contribution is 2.15. The molecule has 17 heavy (non-hydrogen) atoms. The molecule has 1 unspecified atom stereocenters. The summed E-state index contributed by atoms with van der Waals surface area (Å²) >= 11 is 1.81. The molecule has 0 radical (unpaired) electrons. The van der Waals surface area contributed by atoms with Crippen LogP contribution in [0.25, 0.3) is 0 Å². The summed E-state index contributed by atoms with van der Waals surface area (Å²) < 4.78 is 0. The largest absolute Gasteiger partial charge is 0.409 e. The molecule has 5 heteroatoms. The van der Waals surface area contributed by atoms with Crippen LogP contribution in [0.2, 0.25) is 0 Å². The van der Waals surface area contributed by atoms with E-state index in [0.717, 1.165) is 18.8 Å². The van der Waals surface area contributed by atoms with Crippen LogP contribution in [0.5, 0.6) is 0 Å². The molecule has 0 fully saturated rings. The predicted molar refractivity (Wildman–Crippen MR) is 72.6 cm³/mol. The molecular formula is C12H19N3OS. The summed E-state index contributed by atoms with van der Waals surface area (Å²) in [6, 6.07) is 10.3. The molecule has 0 aliphatic carbocycles. The minimum absolute atomic E-state index is 0.0572. The second-order valence-electron chi connectivity index (χ2n) is 3.79. The fraction of sp³-hybridized carbons (Fsp3) is 0.417. The van der Waals surface area contributed by atoms with Gasteiger partial charge in [-0.05, 0) is 12.1 Å². The lowest BCUT2D eigenvalue weighted by molar-refractivity contribution is 0.314. The average Bonchev–Trinajstić information content (AvgIpc) is 2.38. The Balaban J connectivity index is 2.09. The van der Waals surface area contributed by atoms with Crippen LogP contribution in [0, 0.1) is 5.92 Å². The van der Waals surface area contributed by atoms with E-state index in [0.29, 0.717) is 0 Å². The molecule has 0 saturated heterocycles. The molecular weight excluding hydrogens is 234 g/mol. The van der Waals surface area contributed by atoms with Crippen molar-refractivity contribution in [1.29, 1.82) is 0 Å². The second kappa shape index (κ2) is 7.97. The standard InChI is InChI=1S/C12H19N3OS/c1-10(12(13)15-16)9-14-7-8-17-11-5-3-2-4-6-11/h2-6,10,14,16H,7-9H2,1H3,(H2,13,15). The van der Waals surface area contributed by atoms with Gasteiger partial charge in [-0.2, -0.15) is 0 Å². The van der Waals surface area contributed by atoms with Crippen molar-refractivity contribution >= 4 is 17.6 Å². The Kier molecular flexibility index (Phi) is 6.50. The van der Waals surface area contributed by atoms with Crippen LogP contribution < -0.4 is 11.1 Å². The Labute approximate surface area is 106 Å². The number of hydrogen-bond acceptors (Lipinski definition) is 4. The molecule has 94 valence electrons. The Hall–Kier alpha value is -1.20. The summed E-state index contributed by atoms with van der Waals surface area (Å²) in [4.78, 5) is 1.28. The minimum atomic E-state index is 0.0572. The lowest BCUT2D eigenvalue weighted by Crippen LogP contribution is -2.32. The van der Waals surface area contributed by atoms with Crippen molar-refractivity contribution in [1.82, 2.24) is 5.32 Å². The lowest BCUT2D eigenvalue weighted by atomic mass is 10.1. The summed E-state index contributed by atoms with van der Waals surface area (Å²) in [6.45, 7) is 3.56. The Bertz CT molecular complexity index is 343. The highest BCUT2D eigenvalue weighted by atomic mass is 32.2. The first-order chi connectivity index (χ1) is 8.24. The van der Waals surface area contributed by atoms with E-state index in [1.54, 1.807) is 0 Å². The van der Waals surface area contributed by atoms with Gasteiger partial charge in [0.25, 0.3) is 0 Å². The van der Waals surface area contributed by atoms with Crippen molar-refractivity contribution in [3.8, 4) is 0 Å². The van der Waals surface area contributed by atoms with E-state index in [9.17, 15) is 0 Å². The van der Waals surface area contributed by atoms with Gasteiger partial charge in [0, 0.05) is 29.7 Å². The van der Waals surface area contributed by atoms with Crippen molar-refractivity contribution in [2.45, 2.75) is 11.8 Å². The number of oxime groups is 1. The zero-order valence-corrected chi connectivity index (χ0v) is 10.8. The monoisotopic (exact) mass is 253 g/mol. The van der Waals surface area contributed by atoms with Gasteiger partial charge in [-0.1, -0.05) is 30.3 Å². The maximum atomic E-state index is 8.49. The van der Waals surface area contributed by atoms with Crippen LogP contribution in [-0.4, -0.2) is 29.9 Å². The number of nitrogens with zero attached hydrogens (tertiary/aromatic N) is 1. The summed E-state index contributed by atoms with van der Waals surface area (Å²) in [6.07, 6.45) is 0. The van der Waals surface area contributed by atoms with Gasteiger partial charge in [0.2, 0.25) is 0 Å². The van der Waals surface area contributed by atoms with Gasteiger partial charge in [-0.3, -0.25) is 0 Å². The van der Waals surface area contributed by atoms with Crippen molar-refractivity contribution in [3.05, 3.63) is 30.3 Å². The predicted octanol–water partition coefficient (Wildman–Crippen LogP) is 1.75. The Morgan fingerprint density at radius 3 is 2.82 bits per heavy atom. The highest BCUT2D eigenvalue weighted by molar-refractivity contribution is 7.99. The first-order valence-electron chi connectivity index (χ1n) is 5.60. The van der Waals surface area contributed by atoms with Gasteiger partial charge in [0.05, 0.1) is 0 Å². The van der Waals surface area contributed by atoms with Crippen LogP contribution >= 0.6 is 11.8 Å². The SMILES string of the molecule is CC(CNCCSc1ccccc1)/C(N)=N/O. The van der Waals surface area contributed by atoms with E-state index in [4.69, 9.17) is 10.9 Å². The summed E-state index contributed by atoms with van der Waals surface area (Å²) in [7, 11) is 0. The molecule has 0 aromatic heterocycles. The third-order valence-electron chi connectivity index (χ3n) is 2.36. The second-order valence-corrected chi connectivity index (χ2v) is 4.96. The van der Waals surface area contributed by atoms with Crippen LogP contribution in [0.15, 0.2) is 40.4 Å². The molecule has 0 aliphatic heterocycles. The molecule has 1 aromatic rings. The third kappa shape index (κ3) is 5.60. The van der Waals surface area contributed by atoms with Gasteiger partial charge in [-0.25, -0.2) is 0 Å². The maximum Gasteiger partial charge on any atom is 0.143 e. The van der Waals surface area contributed by atoms with Crippen LogP contribution in [0.3, 0.4) is 0 Å². The average molecular weight is 253 g/mol. The van der Waals surface area contributed by atoms with Gasteiger partial charge in [0.1, 0.15) is 5.84 Å². The number of rotatable bonds is 7. The van der Waals surface area contributed by atoms with E-state index < -0.39 is 0 Å². The number of benzene rings is 1. The third-order valence-corrected chi connectivity index (χ3v) is 3.38. The van der Waals surface area contributed by atoms with Gasteiger partial charge < -0.3 is 16.3 Å². The fourth-order valence-electron chi connectivity index (χ4n) is 1.28. The van der Waals surface area contributed by atoms with Crippen LogP contribution in [0.4, 0.5) is 0 Å². The smallest absolute Gasteiger partial charge is 0.143 e. The molecule has 4 nitrogen and oxygen atoms in total. The van der Waals surface area contributed by atoms with Crippen LogP contribution in [0.1, 0.15) is 6.92 Å². The fourth-order valence-corrected chi connectivity index (χ4v) is 2.11. The Morgan fingerprint density at radius 2 is 2.18 bits per heavy atom. The van der Waals surface area contributed by atoms with Crippen molar-refractivity contribution in [2.24, 2.45) is 16.8 Å². The highest BCUT2D eigenvalue weighted by Gasteiger charge is 2.05. The topological polar surface area (TPSA) is 70.6 Å². The molecule has 0 spiro atoms. The molecule has 0 aliphatic rings. The summed E-state index contributed by atoms with van der Waals surface area (Å²) in [5.74, 6) is 1.34. The molecule has 1 aromatic carbocycles. The van der Waals surface area contributed by atoms with E-state index in [1.165, 1.54) is 4.90 Å². The number of amidine groups is 1. The number of nitrogens with two attached hydrogens (primary N) is 1. The van der Waals surface area contributed by atoms with Crippen molar-refractivity contribution < 1.29 is 5.21 Å². The Morgan fingerprint density at radius 1 is 1.47 bits per heavy atom. The molecule has 1 atom stereocenters. The first kappa shape index (κ1) is 13.9. The number of hydrogen-bond donors (Lipinski definition) is 3. The minimum Gasteiger partial charge on any atom is -0.409 e. The van der Waals surface area contributed by atoms with Crippen molar-refractivity contribution in [2.75, 3.05) is 18.8 Å². The molecule has 0 amide bonds. The van der Waals surface area contributed by atoms with E-state index in [1.807, 2.05) is 36.9 Å². The van der Waals surface area contributed by atoms with Gasteiger partial charge >= 0.3 is 0 Å². The lowest BCUT2D eigenvalue weighted by Gasteiger charge is -2.10. The molecule has 0 bridgehead atoms. The van der Waals surface area contributed by atoms with Gasteiger partial charge in [0.15, 0.2) is 0 Å². The van der Waals surface area contributed by atoms with Crippen LogP contribution in [-0.2, 0) is 0 Å². The first-order valence-corrected chi connectivity index (χ1v) is 6.58.